The molecule has 1 aliphatic carbocycles. The Bertz CT molecular complexity index is 625. The molecule has 0 radical (unpaired) electrons. The van der Waals surface area contributed by atoms with Crippen LogP contribution in [-0.4, -0.2) is 0 Å². The van der Waals surface area contributed by atoms with Gasteiger partial charge in [0.25, 0.3) is 0 Å². The van der Waals surface area contributed by atoms with E-state index < -0.39 is 0 Å². The molecule has 0 spiro atoms. The van der Waals surface area contributed by atoms with Gasteiger partial charge >= 0.3 is 0 Å². The molecule has 82 valence electrons. The molecule has 1 nitrogen and oxygen atoms in total. The van der Waals surface area contributed by atoms with Crippen LogP contribution in [-0.2, 0) is 6.42 Å². The summed E-state index contributed by atoms with van der Waals surface area (Å²) < 4.78 is 6.07. The van der Waals surface area contributed by atoms with E-state index in [9.17, 15) is 0 Å². The fourth-order valence-corrected chi connectivity index (χ4v) is 2.78. The summed E-state index contributed by atoms with van der Waals surface area (Å²) in [7, 11) is 0. The number of rotatable bonds is 0. The molecule has 0 saturated heterocycles. The minimum Gasteiger partial charge on any atom is -0.480 e. The highest BCUT2D eigenvalue weighted by atomic mass is 16.5. The van der Waals surface area contributed by atoms with Gasteiger partial charge in [0, 0.05) is 16.7 Å². The van der Waals surface area contributed by atoms with Crippen molar-refractivity contribution < 1.29 is 4.74 Å². The van der Waals surface area contributed by atoms with E-state index in [0.29, 0.717) is 0 Å². The smallest absolute Gasteiger partial charge is 0.150 e. The fraction of sp³-hybridized carbons (Fsp3) is 0.125. The van der Waals surface area contributed by atoms with Crippen LogP contribution in [0.1, 0.15) is 22.8 Å². The van der Waals surface area contributed by atoms with Gasteiger partial charge in [-0.3, -0.25) is 0 Å². The molecule has 17 heavy (non-hydrogen) atoms. The Hall–Kier alpha value is -2.02. The third kappa shape index (κ3) is 1.19. The maximum atomic E-state index is 6.07. The first kappa shape index (κ1) is 9.06. The Kier molecular flexibility index (Phi) is 1.72. The summed E-state index contributed by atoms with van der Waals surface area (Å²) in [6, 6.07) is 16.9. The van der Waals surface area contributed by atoms with Crippen molar-refractivity contribution in [2.24, 2.45) is 0 Å². The van der Waals surface area contributed by atoms with Crippen LogP contribution in [0.3, 0.4) is 0 Å². The molecule has 0 aromatic heterocycles. The Morgan fingerprint density at radius 2 is 1.76 bits per heavy atom. The number of benzene rings is 2. The SMILES string of the molecule is C1=C2c3ccccc3OC2c2ccccc2C1. The van der Waals surface area contributed by atoms with Crippen LogP contribution in [0.5, 0.6) is 5.75 Å². The molecular formula is C16H12O. The first-order valence-corrected chi connectivity index (χ1v) is 5.97. The van der Waals surface area contributed by atoms with Gasteiger partial charge in [0.15, 0.2) is 0 Å². The number of hydrogen-bond acceptors (Lipinski definition) is 1. The molecule has 1 heteroatoms. The molecule has 0 fully saturated rings. The average Bonchev–Trinajstić information content (AvgIpc) is 2.78. The van der Waals surface area contributed by atoms with Crippen molar-refractivity contribution in [2.45, 2.75) is 12.5 Å². The van der Waals surface area contributed by atoms with Gasteiger partial charge in [0.2, 0.25) is 0 Å². The zero-order chi connectivity index (χ0) is 11.2. The Morgan fingerprint density at radius 3 is 2.76 bits per heavy atom. The van der Waals surface area contributed by atoms with Gasteiger partial charge in [0.05, 0.1) is 0 Å². The zero-order valence-corrected chi connectivity index (χ0v) is 9.39. The molecule has 1 heterocycles. The van der Waals surface area contributed by atoms with E-state index in [2.05, 4.69) is 48.5 Å². The Labute approximate surface area is 100 Å². The topological polar surface area (TPSA) is 9.23 Å². The van der Waals surface area contributed by atoms with Crippen molar-refractivity contribution in [1.29, 1.82) is 0 Å². The third-order valence-corrected chi connectivity index (χ3v) is 3.60. The molecule has 1 aliphatic heterocycles. The standard InChI is InChI=1S/C16H12O/c1-2-6-12-11(5-1)9-10-14-13-7-3-4-8-15(13)17-16(12)14/h1-8,10,16H,9H2. The Balaban J connectivity index is 1.91. The molecule has 2 aromatic carbocycles. The number of para-hydroxylation sites is 1. The second-order valence-corrected chi connectivity index (χ2v) is 4.56. The number of hydrogen-bond donors (Lipinski definition) is 0. The van der Waals surface area contributed by atoms with E-state index in [1.54, 1.807) is 0 Å². The number of allylic oxidation sites excluding steroid dienone is 1. The predicted octanol–water partition coefficient (Wildman–Crippen LogP) is 3.76. The van der Waals surface area contributed by atoms with Crippen molar-refractivity contribution in [2.75, 3.05) is 0 Å². The second-order valence-electron chi connectivity index (χ2n) is 4.56. The molecule has 4 rings (SSSR count). The summed E-state index contributed by atoms with van der Waals surface area (Å²) in [6.07, 6.45) is 3.43. The molecule has 2 aliphatic rings. The quantitative estimate of drug-likeness (QED) is 0.656. The molecule has 1 atom stereocenters. The highest BCUT2D eigenvalue weighted by molar-refractivity contribution is 5.80. The van der Waals surface area contributed by atoms with Crippen LogP contribution in [0.4, 0.5) is 0 Å². The van der Waals surface area contributed by atoms with Crippen LogP contribution in [0.15, 0.2) is 54.6 Å². The van der Waals surface area contributed by atoms with E-state index in [-0.39, 0.29) is 6.10 Å². The van der Waals surface area contributed by atoms with Crippen molar-refractivity contribution in [3.63, 3.8) is 0 Å². The summed E-state index contributed by atoms with van der Waals surface area (Å²) in [5, 5.41) is 0. The molecule has 0 N–H and O–H groups in total. The average molecular weight is 220 g/mol. The van der Waals surface area contributed by atoms with Gasteiger partial charge in [-0.25, -0.2) is 0 Å². The summed E-state index contributed by atoms with van der Waals surface area (Å²) in [5.41, 5.74) is 5.29. The Morgan fingerprint density at radius 1 is 0.941 bits per heavy atom. The maximum Gasteiger partial charge on any atom is 0.150 e. The van der Waals surface area contributed by atoms with E-state index in [4.69, 9.17) is 4.74 Å². The summed E-state index contributed by atoms with van der Waals surface area (Å²) in [4.78, 5) is 0. The second kappa shape index (κ2) is 3.24. The van der Waals surface area contributed by atoms with Crippen molar-refractivity contribution in [1.82, 2.24) is 0 Å². The lowest BCUT2D eigenvalue weighted by atomic mass is 9.87. The molecule has 0 saturated carbocycles. The number of fused-ring (bicyclic) bond motifs is 5. The van der Waals surface area contributed by atoms with Crippen LogP contribution < -0.4 is 4.74 Å². The maximum absolute atomic E-state index is 6.07. The first-order chi connectivity index (χ1) is 8.43. The molecule has 1 unspecified atom stereocenters. The lowest BCUT2D eigenvalue weighted by Gasteiger charge is -2.20. The molecular weight excluding hydrogens is 208 g/mol. The number of ether oxygens (including phenoxy) is 1. The molecule has 0 amide bonds. The first-order valence-electron chi connectivity index (χ1n) is 5.97. The highest BCUT2D eigenvalue weighted by Crippen LogP contribution is 2.48. The van der Waals surface area contributed by atoms with Gasteiger partial charge in [-0.15, -0.1) is 0 Å². The lowest BCUT2D eigenvalue weighted by Crippen LogP contribution is -2.10. The highest BCUT2D eigenvalue weighted by Gasteiger charge is 2.32. The molecule has 0 bridgehead atoms. The third-order valence-electron chi connectivity index (χ3n) is 3.60. The van der Waals surface area contributed by atoms with E-state index in [1.807, 2.05) is 6.07 Å². The van der Waals surface area contributed by atoms with Crippen molar-refractivity contribution >= 4 is 5.57 Å². The predicted molar refractivity (Wildman–Crippen MR) is 67.9 cm³/mol. The van der Waals surface area contributed by atoms with E-state index in [0.717, 1.165) is 12.2 Å². The minimum absolute atomic E-state index is 0.109. The van der Waals surface area contributed by atoms with Gasteiger partial charge in [-0.1, -0.05) is 48.5 Å². The fourth-order valence-electron chi connectivity index (χ4n) is 2.78. The molecule has 2 aromatic rings. The van der Waals surface area contributed by atoms with E-state index >= 15 is 0 Å². The summed E-state index contributed by atoms with van der Waals surface area (Å²) in [6.45, 7) is 0. The van der Waals surface area contributed by atoms with Gasteiger partial charge < -0.3 is 4.74 Å². The summed E-state index contributed by atoms with van der Waals surface area (Å²) >= 11 is 0. The summed E-state index contributed by atoms with van der Waals surface area (Å²) in [5.74, 6) is 1.01. The van der Waals surface area contributed by atoms with Crippen molar-refractivity contribution in [3.05, 3.63) is 71.3 Å². The van der Waals surface area contributed by atoms with Gasteiger partial charge in [0.1, 0.15) is 11.9 Å². The normalized spacial score (nSPS) is 19.8. The largest absolute Gasteiger partial charge is 0.480 e. The minimum atomic E-state index is 0.109. The monoisotopic (exact) mass is 220 g/mol. The van der Waals surface area contributed by atoms with Crippen molar-refractivity contribution in [3.8, 4) is 5.75 Å². The van der Waals surface area contributed by atoms with Gasteiger partial charge in [-0.05, 0) is 18.1 Å². The van der Waals surface area contributed by atoms with Crippen LogP contribution in [0.2, 0.25) is 0 Å². The van der Waals surface area contributed by atoms with Crippen LogP contribution in [0, 0.1) is 0 Å². The van der Waals surface area contributed by atoms with Crippen LogP contribution in [0.25, 0.3) is 5.57 Å². The van der Waals surface area contributed by atoms with Gasteiger partial charge in [-0.2, -0.15) is 0 Å². The lowest BCUT2D eigenvalue weighted by molar-refractivity contribution is 0.280. The van der Waals surface area contributed by atoms with Crippen LogP contribution >= 0.6 is 0 Å². The van der Waals surface area contributed by atoms with E-state index in [1.165, 1.54) is 22.3 Å². The zero-order valence-electron chi connectivity index (χ0n) is 9.39.